The van der Waals surface area contributed by atoms with Crippen LogP contribution in [0.25, 0.3) is 22.6 Å². The number of phenolic OH excluding ortho intramolecular Hbond substituents is 1. The molecule has 176 valence electrons. The van der Waals surface area contributed by atoms with Crippen LogP contribution in [0.15, 0.2) is 122 Å². The highest BCUT2D eigenvalue weighted by atomic mass is 16.3. The zero-order chi connectivity index (χ0) is 25.5. The van der Waals surface area contributed by atoms with Crippen LogP contribution < -0.4 is 0 Å². The number of hydrogen-bond donors (Lipinski definition) is 2. The van der Waals surface area contributed by atoms with E-state index in [1.54, 1.807) is 30.4 Å². The average molecular weight is 453 g/mol. The van der Waals surface area contributed by atoms with Gasteiger partial charge in [0.25, 0.3) is 0 Å². The number of benzene rings is 2. The van der Waals surface area contributed by atoms with E-state index in [9.17, 15) is 5.11 Å². The highest BCUT2D eigenvalue weighted by molar-refractivity contribution is 5.69. The third-order valence-corrected chi connectivity index (χ3v) is 4.79. The molecule has 3 heteroatoms. The first-order valence-electron chi connectivity index (χ1n) is 11.1. The number of phenols is 1. The topological polar surface area (TPSA) is 48.9 Å². The molecule has 0 bridgehead atoms. The molecule has 1 aromatic heterocycles. The van der Waals surface area contributed by atoms with Gasteiger partial charge in [0.1, 0.15) is 11.6 Å². The number of rotatable bonds is 6. The van der Waals surface area contributed by atoms with Gasteiger partial charge in [-0.1, -0.05) is 105 Å². The molecular formula is C31H36N2O. The van der Waals surface area contributed by atoms with E-state index in [2.05, 4.69) is 36.3 Å². The molecule has 0 radical (unpaired) electrons. The summed E-state index contributed by atoms with van der Waals surface area (Å²) in [5.41, 5.74) is 7.31. The Morgan fingerprint density at radius 2 is 1.62 bits per heavy atom. The summed E-state index contributed by atoms with van der Waals surface area (Å²) in [6, 6.07) is 15.4. The highest BCUT2D eigenvalue weighted by Gasteiger charge is 2.12. The lowest BCUT2D eigenvalue weighted by molar-refractivity contribution is 0.475. The molecule has 3 aromatic rings. The lowest BCUT2D eigenvalue weighted by Gasteiger charge is -2.02. The van der Waals surface area contributed by atoms with Crippen LogP contribution in [0.2, 0.25) is 0 Å². The Bertz CT molecular complexity index is 1160. The van der Waals surface area contributed by atoms with Gasteiger partial charge in [-0.15, -0.1) is 0 Å². The van der Waals surface area contributed by atoms with Crippen molar-refractivity contribution in [2.75, 3.05) is 0 Å². The summed E-state index contributed by atoms with van der Waals surface area (Å²) in [5.74, 6) is 1.04. The zero-order valence-electron chi connectivity index (χ0n) is 20.8. The van der Waals surface area contributed by atoms with Crippen molar-refractivity contribution < 1.29 is 5.11 Å². The van der Waals surface area contributed by atoms with Gasteiger partial charge in [0.05, 0.1) is 5.69 Å². The summed E-state index contributed by atoms with van der Waals surface area (Å²) < 4.78 is 0. The van der Waals surface area contributed by atoms with Gasteiger partial charge in [-0.05, 0) is 51.0 Å². The van der Waals surface area contributed by atoms with Crippen molar-refractivity contribution in [3.05, 3.63) is 134 Å². The number of aromatic amines is 1. The Morgan fingerprint density at radius 1 is 0.971 bits per heavy atom. The maximum atomic E-state index is 9.65. The first-order chi connectivity index (χ1) is 16.3. The van der Waals surface area contributed by atoms with Crippen LogP contribution in [0.3, 0.4) is 0 Å². The number of hydrogen-bond acceptors (Lipinski definition) is 2. The van der Waals surface area contributed by atoms with E-state index in [-0.39, 0.29) is 5.75 Å². The van der Waals surface area contributed by atoms with Crippen LogP contribution in [0.1, 0.15) is 25.1 Å². The number of aromatic hydroxyl groups is 1. The summed E-state index contributed by atoms with van der Waals surface area (Å²) in [4.78, 5) is 7.99. The van der Waals surface area contributed by atoms with Crippen LogP contribution in [-0.2, 0) is 0 Å². The number of nitrogens with one attached hydrogen (secondary N) is 1. The number of aromatic nitrogens is 2. The third kappa shape index (κ3) is 8.79. The molecule has 0 fully saturated rings. The van der Waals surface area contributed by atoms with Crippen molar-refractivity contribution in [1.82, 2.24) is 9.97 Å². The minimum Gasteiger partial charge on any atom is -0.508 e. The van der Waals surface area contributed by atoms with Gasteiger partial charge in [-0.25, -0.2) is 4.98 Å². The number of aryl methyl sites for hydroxylation is 2. The van der Waals surface area contributed by atoms with E-state index in [4.69, 9.17) is 0 Å². The molecule has 0 saturated carbocycles. The fourth-order valence-corrected chi connectivity index (χ4v) is 2.99. The molecule has 2 N–H and O–H groups in total. The SMILES string of the molecule is C=C/C=C\C(=C/C)C(=C)C.C=CC=C.Cc1ccc(O)cc1-c1nc(-c2ccccc2)c(C)[nH]1. The molecule has 0 atom stereocenters. The molecule has 0 unspecified atom stereocenters. The van der Waals surface area contributed by atoms with Gasteiger partial charge in [0.15, 0.2) is 0 Å². The van der Waals surface area contributed by atoms with E-state index < -0.39 is 0 Å². The predicted molar refractivity (Wildman–Crippen MR) is 149 cm³/mol. The van der Waals surface area contributed by atoms with Gasteiger partial charge in [-0.3, -0.25) is 0 Å². The van der Waals surface area contributed by atoms with Gasteiger partial charge >= 0.3 is 0 Å². The number of imidazole rings is 1. The molecule has 3 rings (SSSR count). The molecule has 0 aliphatic rings. The van der Waals surface area contributed by atoms with Crippen LogP contribution >= 0.6 is 0 Å². The molecule has 3 nitrogen and oxygen atoms in total. The molecule has 1 heterocycles. The van der Waals surface area contributed by atoms with Crippen molar-refractivity contribution in [2.24, 2.45) is 0 Å². The first-order valence-corrected chi connectivity index (χ1v) is 11.1. The average Bonchev–Trinajstić information content (AvgIpc) is 3.23. The minimum absolute atomic E-state index is 0.251. The normalized spacial score (nSPS) is 10.4. The third-order valence-electron chi connectivity index (χ3n) is 4.79. The second kappa shape index (κ2) is 14.9. The molecule has 0 amide bonds. The summed E-state index contributed by atoms with van der Waals surface area (Å²) in [5, 5.41) is 9.65. The Morgan fingerprint density at radius 3 is 2.15 bits per heavy atom. The zero-order valence-corrected chi connectivity index (χ0v) is 20.8. The van der Waals surface area contributed by atoms with E-state index in [1.165, 1.54) is 5.57 Å². The Balaban J connectivity index is 0.000000348. The van der Waals surface area contributed by atoms with E-state index in [1.807, 2.05) is 82.3 Å². The molecule has 34 heavy (non-hydrogen) atoms. The van der Waals surface area contributed by atoms with Crippen molar-refractivity contribution in [3.8, 4) is 28.4 Å². The fraction of sp³-hybridized carbons (Fsp3) is 0.129. The standard InChI is InChI=1S/C17H16N2O.C10H14.C4H6/c1-11-8-9-14(20)10-15(11)17-18-12(2)16(19-17)13-6-4-3-5-7-13;1-5-7-8-10(6-2)9(3)4;1-3-4-2/h3-10,20H,1-2H3,(H,18,19);5-8H,1,3H2,2,4H3;3-4H,1-2H2/b;8-7-,10-6+;. The predicted octanol–water partition coefficient (Wildman–Crippen LogP) is 8.68. The molecule has 0 saturated heterocycles. The first kappa shape index (κ1) is 27.9. The Hall–Kier alpha value is -4.11. The maximum absolute atomic E-state index is 9.65. The molecule has 2 aromatic carbocycles. The maximum Gasteiger partial charge on any atom is 0.138 e. The van der Waals surface area contributed by atoms with Crippen molar-refractivity contribution in [2.45, 2.75) is 27.7 Å². The number of nitrogens with zero attached hydrogens (tertiary/aromatic N) is 1. The van der Waals surface area contributed by atoms with Gasteiger partial charge in [0.2, 0.25) is 0 Å². The highest BCUT2D eigenvalue weighted by Crippen LogP contribution is 2.29. The molecular weight excluding hydrogens is 416 g/mol. The van der Waals surface area contributed by atoms with Crippen LogP contribution in [0.4, 0.5) is 0 Å². The summed E-state index contributed by atoms with van der Waals surface area (Å²) >= 11 is 0. The number of H-pyrrole nitrogens is 1. The quantitative estimate of drug-likeness (QED) is 0.368. The molecule has 0 aliphatic heterocycles. The smallest absolute Gasteiger partial charge is 0.138 e. The second-order valence-electron chi connectivity index (χ2n) is 7.51. The minimum atomic E-state index is 0.251. The van der Waals surface area contributed by atoms with Gasteiger partial charge in [0, 0.05) is 16.8 Å². The second-order valence-corrected chi connectivity index (χ2v) is 7.51. The van der Waals surface area contributed by atoms with Crippen molar-refractivity contribution >= 4 is 0 Å². The number of allylic oxidation sites excluding steroid dienone is 8. The Kier molecular flexibility index (Phi) is 12.2. The fourth-order valence-electron chi connectivity index (χ4n) is 2.99. The lowest BCUT2D eigenvalue weighted by atomic mass is 10.1. The van der Waals surface area contributed by atoms with Gasteiger partial charge in [-0.2, -0.15) is 0 Å². The van der Waals surface area contributed by atoms with Crippen molar-refractivity contribution in [3.63, 3.8) is 0 Å². The van der Waals surface area contributed by atoms with E-state index in [0.717, 1.165) is 39.5 Å². The summed E-state index contributed by atoms with van der Waals surface area (Å²) in [7, 11) is 0. The largest absolute Gasteiger partial charge is 0.508 e. The molecule has 0 spiro atoms. The molecule has 0 aliphatic carbocycles. The van der Waals surface area contributed by atoms with Crippen LogP contribution in [-0.4, -0.2) is 15.1 Å². The van der Waals surface area contributed by atoms with E-state index in [0.29, 0.717) is 0 Å². The lowest BCUT2D eigenvalue weighted by Crippen LogP contribution is -1.85. The van der Waals surface area contributed by atoms with Crippen LogP contribution in [0, 0.1) is 13.8 Å². The summed E-state index contributed by atoms with van der Waals surface area (Å²) in [6.45, 7) is 22.1. The summed E-state index contributed by atoms with van der Waals surface area (Å²) in [6.07, 6.45) is 11.0. The van der Waals surface area contributed by atoms with Gasteiger partial charge < -0.3 is 10.1 Å². The van der Waals surface area contributed by atoms with Crippen LogP contribution in [0.5, 0.6) is 5.75 Å². The Labute approximate surface area is 204 Å². The van der Waals surface area contributed by atoms with Crippen molar-refractivity contribution in [1.29, 1.82) is 0 Å². The van der Waals surface area contributed by atoms with E-state index >= 15 is 0 Å². The monoisotopic (exact) mass is 452 g/mol.